The molecule has 0 spiro atoms. The Bertz CT molecular complexity index is 4340. The summed E-state index contributed by atoms with van der Waals surface area (Å²) in [6.07, 6.45) is 6.45. The molecule has 6 aliphatic rings. The lowest BCUT2D eigenvalue weighted by Gasteiger charge is -2.39. The summed E-state index contributed by atoms with van der Waals surface area (Å²) in [5.41, 5.74) is 7.04. The number of ketones is 1. The quantitative estimate of drug-likeness (QED) is 0.00434. The van der Waals surface area contributed by atoms with E-state index in [-0.39, 0.29) is 66.1 Å². The lowest BCUT2D eigenvalue weighted by atomic mass is 9.81. The van der Waals surface area contributed by atoms with Gasteiger partial charge in [-0.25, -0.2) is 32.7 Å². The van der Waals surface area contributed by atoms with Crippen LogP contribution in [0.25, 0.3) is 5.57 Å². The van der Waals surface area contributed by atoms with Gasteiger partial charge >= 0.3 is 41.2 Å². The standard InChI is InChI=1S/C66H85N6O24P3S4/c1-4-103(100)41-91-53-37-56(93-54(53)39-92-98(83,84)96-99(85,86)95-97(80,81)82)72-38-45(62(75)69-64(72)78)12-5-22-68-65(79)90-30-11-29-89-40-101-102-66(2,3)21-20-55(74)67-23-31-88-33-32-87-28-10-17-52(73)42-18-19-46(63(76)77)49(34-42)57-50-35-43-13-6-24-70-26-8-15-47(58(43)70)60(50)94-61-48-16-9-27-71-25-7-14-44(59(48)71)36-51(57)61/h18-19,34-36,38,53-54,56H,4,6-11,13-17,20-33,37,39-41H2,1-3H3,(H7-,67,68,69,74,75,76,77,78,79,80,81,82,83,84,85,86)/p+1/t53?,54-,56-,103?/m1/s1. The second-order valence-electron chi connectivity index (χ2n) is 25.7. The van der Waals surface area contributed by atoms with Gasteiger partial charge in [0.25, 0.3) is 5.56 Å². The van der Waals surface area contributed by atoms with E-state index in [0.29, 0.717) is 81.5 Å². The number of hydrogen-bond donors (Lipinski definition) is 8. The third-order valence-electron chi connectivity index (χ3n) is 17.8. The molecule has 0 bridgehead atoms. The van der Waals surface area contributed by atoms with Gasteiger partial charge < -0.3 is 73.4 Å². The molecule has 4 aromatic rings. The number of hydrogen-bond acceptors (Lipinski definition) is 23. The smallest absolute Gasteiger partial charge is 0.478 e. The van der Waals surface area contributed by atoms with Crippen LogP contribution in [0, 0.1) is 11.8 Å². The molecule has 8 N–H and O–H groups in total. The van der Waals surface area contributed by atoms with E-state index >= 15 is 0 Å². The number of alkyl carbamates (subject to hydrolysis) is 1. The van der Waals surface area contributed by atoms with E-state index in [2.05, 4.69) is 57.7 Å². The van der Waals surface area contributed by atoms with Crippen LogP contribution in [0.1, 0.15) is 151 Å². The number of nitrogens with zero attached hydrogens (tertiary/aromatic N) is 3. The number of aromatic carboxylic acids is 1. The summed E-state index contributed by atoms with van der Waals surface area (Å²) in [5.74, 6) is 6.46. The van der Waals surface area contributed by atoms with Crippen LogP contribution in [0.4, 0.5) is 10.5 Å². The number of rotatable bonds is 37. The summed E-state index contributed by atoms with van der Waals surface area (Å²) >= 11 is 5.32. The number of benzene rings is 3. The second-order valence-corrected chi connectivity index (χ2v) is 36.1. The first-order valence-electron chi connectivity index (χ1n) is 34.0. The third kappa shape index (κ3) is 21.9. The Balaban J connectivity index is 0.584. The number of anilines is 1. The van der Waals surface area contributed by atoms with Gasteiger partial charge in [-0.1, -0.05) is 55.9 Å². The number of phosphoric acid groups is 3. The molecule has 1 saturated heterocycles. The maximum atomic E-state index is 14.0. The largest absolute Gasteiger partial charge is 0.490 e. The Labute approximate surface area is 609 Å². The van der Waals surface area contributed by atoms with Gasteiger partial charge in [0.2, 0.25) is 11.3 Å². The number of carboxylic acids is 1. The number of amides is 2. The molecular formula is C66H86N6O24P3S4+. The fourth-order valence-corrected chi connectivity index (χ4v) is 19.1. The highest BCUT2D eigenvalue weighted by molar-refractivity contribution is 8.77. The van der Waals surface area contributed by atoms with Crippen molar-refractivity contribution in [2.45, 2.75) is 134 Å². The topological polar surface area (TPSA) is 398 Å². The van der Waals surface area contributed by atoms with Gasteiger partial charge in [0, 0.05) is 114 Å². The number of aromatic amines is 1. The van der Waals surface area contributed by atoms with Crippen molar-refractivity contribution in [3.05, 3.63) is 118 Å². The molecule has 1 fully saturated rings. The summed E-state index contributed by atoms with van der Waals surface area (Å²) in [7, 11) is -14.6. The molecule has 0 aliphatic carbocycles. The number of carboxylic acid groups (broad SMARTS) is 1. The Morgan fingerprint density at radius 2 is 1.58 bits per heavy atom. The van der Waals surface area contributed by atoms with Crippen molar-refractivity contribution in [1.29, 1.82) is 0 Å². The minimum atomic E-state index is -5.81. The minimum Gasteiger partial charge on any atom is -0.478 e. The van der Waals surface area contributed by atoms with Gasteiger partial charge in [-0.2, -0.15) is 8.62 Å². The van der Waals surface area contributed by atoms with E-state index in [9.17, 15) is 57.4 Å². The second kappa shape index (κ2) is 36.4. The highest BCUT2D eigenvalue weighted by atomic mass is 33.1. The predicted molar refractivity (Wildman–Crippen MR) is 387 cm³/mol. The Morgan fingerprint density at radius 3 is 2.35 bits per heavy atom. The van der Waals surface area contributed by atoms with Crippen LogP contribution >= 0.6 is 45.1 Å². The van der Waals surface area contributed by atoms with Crippen LogP contribution < -0.4 is 46.7 Å². The Morgan fingerprint density at radius 1 is 0.845 bits per heavy atom. The van der Waals surface area contributed by atoms with Crippen molar-refractivity contribution in [1.82, 2.24) is 24.8 Å². The van der Waals surface area contributed by atoms with E-state index in [1.165, 1.54) is 44.1 Å². The van der Waals surface area contributed by atoms with Crippen molar-refractivity contribution >= 4 is 101 Å². The summed E-state index contributed by atoms with van der Waals surface area (Å²) in [6.45, 7) is 10.6. The maximum Gasteiger partial charge on any atom is 0.490 e. The average molecular weight is 1570 g/mol. The van der Waals surface area contributed by atoms with Crippen molar-refractivity contribution in [2.24, 2.45) is 0 Å². The zero-order chi connectivity index (χ0) is 73.6. The van der Waals surface area contributed by atoms with Crippen LogP contribution in [-0.4, -0.2) is 178 Å². The third-order valence-corrected chi connectivity index (χ3v) is 26.6. The number of carbonyl (C=O) groups is 4. The van der Waals surface area contributed by atoms with E-state index in [1.807, 2.05) is 20.8 Å². The first-order chi connectivity index (χ1) is 49.2. The zero-order valence-electron chi connectivity index (χ0n) is 57.2. The molecule has 2 amide bonds. The number of fused-ring (bicyclic) bond motifs is 4. The van der Waals surface area contributed by atoms with Gasteiger partial charge in [-0.05, 0) is 118 Å². The molecule has 6 atom stereocenters. The molecule has 7 heterocycles. The number of H-pyrrole nitrogens is 1. The number of phosphoric ester groups is 1. The van der Waals surface area contributed by atoms with Crippen LogP contribution in [0.5, 0.6) is 11.5 Å². The van der Waals surface area contributed by atoms with Crippen molar-refractivity contribution < 1.29 is 104 Å². The molecule has 3 aromatic carbocycles. The molecule has 103 heavy (non-hydrogen) atoms. The number of Topliss-reactive ketones (excluding diaryl/α,β-unsaturated/α-hetero) is 1. The van der Waals surface area contributed by atoms with Crippen LogP contribution in [0.15, 0.2) is 46.1 Å². The molecule has 4 unspecified atom stereocenters. The van der Waals surface area contributed by atoms with Gasteiger partial charge in [-0.15, -0.1) is 0 Å². The fourth-order valence-electron chi connectivity index (χ4n) is 13.1. The van der Waals surface area contributed by atoms with E-state index in [1.54, 1.807) is 29.0 Å². The number of aromatic nitrogens is 2. The summed E-state index contributed by atoms with van der Waals surface area (Å²) in [5, 5.41) is 18.3. The van der Waals surface area contributed by atoms with Gasteiger partial charge in [0.05, 0.1) is 69.4 Å². The van der Waals surface area contributed by atoms with Crippen molar-refractivity contribution in [2.75, 3.05) is 108 Å². The molecule has 1 aromatic heterocycles. The fraction of sp³-hybridized carbons (Fsp3) is 0.561. The predicted octanol–water partition coefficient (Wildman–Crippen LogP) is 5.94. The highest BCUT2D eigenvalue weighted by Crippen LogP contribution is 2.66. The molecule has 562 valence electrons. The van der Waals surface area contributed by atoms with Gasteiger partial charge in [0.1, 0.15) is 48.4 Å². The zero-order valence-corrected chi connectivity index (χ0v) is 63.2. The molecule has 0 radical (unpaired) electrons. The van der Waals surface area contributed by atoms with Gasteiger partial charge in [-0.3, -0.25) is 28.5 Å². The molecular weight excluding hydrogens is 1480 g/mol. The molecule has 6 aliphatic heterocycles. The lowest BCUT2D eigenvalue weighted by Crippen LogP contribution is -2.45. The maximum absolute atomic E-state index is 14.0. The first-order valence-corrected chi connectivity index (χ1v) is 43.3. The Kier molecular flexibility index (Phi) is 28.3. The SMILES string of the molecule is CCS(=S)COC1C[C@H](n2cc(C#CCNC(=O)OCCCOCSSC(C)(C)CCC(=O)NCCOCCOCCCC(=O)c3ccc(C(=O)O)c(C4=c5cc6c7c(c5Oc5c4cc4c8c5CCCN8CCC4)CCC[N+]=7CCC6)c3)c(=O)[nH]c2=O)O[C@@H]1COP(=O)(O)OP(=O)(O)OP(=O)(O)O. The average Bonchev–Trinajstić information content (AvgIpc) is 1.01. The van der Waals surface area contributed by atoms with E-state index < -0.39 is 81.3 Å². The van der Waals surface area contributed by atoms with Crippen LogP contribution in [0.3, 0.4) is 0 Å². The normalized spacial score (nSPS) is 18.9. The highest BCUT2D eigenvalue weighted by Gasteiger charge is 2.44. The van der Waals surface area contributed by atoms with Crippen molar-refractivity contribution in [3.63, 3.8) is 0 Å². The molecule has 37 heteroatoms. The first kappa shape index (κ1) is 80.1. The molecule has 10 rings (SSSR count). The lowest BCUT2D eigenvalue weighted by molar-refractivity contribution is -0.121. The minimum absolute atomic E-state index is 0.0227. The van der Waals surface area contributed by atoms with E-state index in [0.717, 1.165) is 116 Å². The van der Waals surface area contributed by atoms with E-state index in [4.69, 9.17) is 58.7 Å². The number of aryl methyl sites for hydroxylation is 2. The summed E-state index contributed by atoms with van der Waals surface area (Å²) < 4.78 is 92.0. The number of ether oxygens (including phenoxy) is 7. The Hall–Kier alpha value is -5.47. The summed E-state index contributed by atoms with van der Waals surface area (Å²) in [6, 6.07) is 9.48. The molecule has 30 nitrogen and oxygen atoms in total. The van der Waals surface area contributed by atoms with Crippen molar-refractivity contribution in [3.8, 4) is 23.3 Å². The number of nitrogens with one attached hydrogen (secondary N) is 3. The summed E-state index contributed by atoms with van der Waals surface area (Å²) in [4.78, 5) is 120. The monoisotopic (exact) mass is 1570 g/mol. The number of carbonyl (C=O) groups excluding carboxylic acids is 3. The van der Waals surface area contributed by atoms with Crippen LogP contribution in [-0.2, 0) is 106 Å². The molecule has 0 saturated carbocycles. The van der Waals surface area contributed by atoms with Gasteiger partial charge in [0.15, 0.2) is 5.78 Å². The van der Waals surface area contributed by atoms with Crippen LogP contribution in [0.2, 0.25) is 0 Å².